The molecule has 0 saturated heterocycles. The van der Waals surface area contributed by atoms with E-state index in [1.54, 1.807) is 17.8 Å². The molecule has 5 heteroatoms. The van der Waals surface area contributed by atoms with Crippen molar-refractivity contribution >= 4 is 23.6 Å². The largest absolute Gasteiger partial charge is 0.480 e. The van der Waals surface area contributed by atoms with Crippen molar-refractivity contribution < 1.29 is 14.7 Å². The number of carbonyl (C=O) groups excluding carboxylic acids is 1. The van der Waals surface area contributed by atoms with E-state index in [1.807, 2.05) is 32.2 Å². The maximum Gasteiger partial charge on any atom is 0.326 e. The summed E-state index contributed by atoms with van der Waals surface area (Å²) in [6.07, 6.45) is 2.33. The molecule has 0 fully saturated rings. The summed E-state index contributed by atoms with van der Waals surface area (Å²) in [7, 11) is 0. The topological polar surface area (TPSA) is 66.4 Å². The highest BCUT2D eigenvalue weighted by molar-refractivity contribution is 7.98. The molecule has 0 spiro atoms. The molecule has 19 heavy (non-hydrogen) atoms. The van der Waals surface area contributed by atoms with E-state index in [1.165, 1.54) is 0 Å². The van der Waals surface area contributed by atoms with Crippen molar-refractivity contribution in [1.82, 2.24) is 5.32 Å². The maximum atomic E-state index is 12.1. The Morgan fingerprint density at radius 2 is 2.05 bits per heavy atom. The number of hydrogen-bond donors (Lipinski definition) is 2. The molecule has 0 aliphatic rings. The number of carboxylic acids is 1. The van der Waals surface area contributed by atoms with Gasteiger partial charge < -0.3 is 10.4 Å². The average molecular weight is 281 g/mol. The van der Waals surface area contributed by atoms with Crippen LogP contribution in [0.5, 0.6) is 0 Å². The first-order valence-corrected chi connectivity index (χ1v) is 7.45. The van der Waals surface area contributed by atoms with Crippen molar-refractivity contribution in [1.29, 1.82) is 0 Å². The minimum atomic E-state index is -0.993. The number of hydrogen-bond acceptors (Lipinski definition) is 3. The highest BCUT2D eigenvalue weighted by Crippen LogP contribution is 2.11. The number of rotatable bonds is 6. The van der Waals surface area contributed by atoms with Gasteiger partial charge in [0.1, 0.15) is 6.04 Å². The van der Waals surface area contributed by atoms with Crippen LogP contribution in [0.4, 0.5) is 0 Å². The summed E-state index contributed by atoms with van der Waals surface area (Å²) in [4.78, 5) is 23.2. The summed E-state index contributed by atoms with van der Waals surface area (Å²) >= 11 is 1.56. The Hall–Kier alpha value is -1.49. The fourth-order valence-electron chi connectivity index (χ4n) is 1.80. The third-order valence-electron chi connectivity index (χ3n) is 2.84. The zero-order valence-corrected chi connectivity index (χ0v) is 12.2. The molecule has 1 atom stereocenters. The molecule has 0 aliphatic heterocycles. The van der Waals surface area contributed by atoms with Gasteiger partial charge in [-0.15, -0.1) is 0 Å². The lowest BCUT2D eigenvalue weighted by Gasteiger charge is -2.15. The Kier molecular flexibility index (Phi) is 5.89. The van der Waals surface area contributed by atoms with Crippen molar-refractivity contribution in [2.75, 3.05) is 12.0 Å². The molecular formula is C14H19NO3S. The second-order valence-electron chi connectivity index (χ2n) is 4.46. The molecule has 0 unspecified atom stereocenters. The van der Waals surface area contributed by atoms with Crippen LogP contribution in [0.3, 0.4) is 0 Å². The van der Waals surface area contributed by atoms with Crippen LogP contribution in [0.1, 0.15) is 27.9 Å². The molecule has 1 amide bonds. The van der Waals surface area contributed by atoms with E-state index in [2.05, 4.69) is 5.32 Å². The molecule has 0 saturated carbocycles. The third kappa shape index (κ3) is 4.59. The Labute approximate surface area is 117 Å². The summed E-state index contributed by atoms with van der Waals surface area (Å²) in [5, 5.41) is 11.7. The van der Waals surface area contributed by atoms with E-state index in [-0.39, 0.29) is 5.91 Å². The van der Waals surface area contributed by atoms with E-state index >= 15 is 0 Å². The highest BCUT2D eigenvalue weighted by Gasteiger charge is 2.20. The molecule has 0 heterocycles. The number of amides is 1. The molecule has 4 nitrogen and oxygen atoms in total. The van der Waals surface area contributed by atoms with Crippen molar-refractivity contribution in [3.63, 3.8) is 0 Å². The SMILES string of the molecule is CSCC[C@@H](NC(=O)c1ccc(C)cc1C)C(=O)O. The zero-order chi connectivity index (χ0) is 14.4. The lowest BCUT2D eigenvalue weighted by atomic mass is 10.0. The van der Waals surface area contributed by atoms with Gasteiger partial charge in [0.15, 0.2) is 0 Å². The van der Waals surface area contributed by atoms with Crippen LogP contribution >= 0.6 is 11.8 Å². The molecule has 1 rings (SSSR count). The predicted octanol–water partition coefficient (Wildman–Crippen LogP) is 2.24. The van der Waals surface area contributed by atoms with Gasteiger partial charge >= 0.3 is 5.97 Å². The Morgan fingerprint density at radius 1 is 1.37 bits per heavy atom. The fraction of sp³-hybridized carbons (Fsp3) is 0.429. The summed E-state index contributed by atoms with van der Waals surface area (Å²) in [5.74, 6) is -0.623. The molecule has 1 aromatic carbocycles. The first kappa shape index (κ1) is 15.6. The second-order valence-corrected chi connectivity index (χ2v) is 5.45. The van der Waals surface area contributed by atoms with Crippen molar-refractivity contribution in [3.05, 3.63) is 34.9 Å². The third-order valence-corrected chi connectivity index (χ3v) is 3.48. The molecule has 0 aromatic heterocycles. The summed E-state index contributed by atoms with van der Waals surface area (Å²) in [6.45, 7) is 3.80. The first-order valence-electron chi connectivity index (χ1n) is 6.05. The Morgan fingerprint density at radius 3 is 2.58 bits per heavy atom. The molecule has 0 bridgehead atoms. The van der Waals surface area contributed by atoms with Gasteiger partial charge in [-0.25, -0.2) is 4.79 Å². The molecular weight excluding hydrogens is 262 g/mol. The summed E-state index contributed by atoms with van der Waals surface area (Å²) in [6, 6.07) is 4.65. The molecule has 104 valence electrons. The van der Waals surface area contributed by atoms with Gasteiger partial charge in [-0.05, 0) is 43.9 Å². The standard InChI is InChI=1S/C14H19NO3S/c1-9-4-5-11(10(2)8-9)13(16)15-12(14(17)18)6-7-19-3/h4-5,8,12H,6-7H2,1-3H3,(H,15,16)(H,17,18)/t12-/m1/s1. The predicted molar refractivity (Wildman–Crippen MR) is 77.8 cm³/mol. The normalized spacial score (nSPS) is 11.9. The minimum Gasteiger partial charge on any atom is -0.480 e. The number of benzene rings is 1. The van der Waals surface area contributed by atoms with E-state index in [0.717, 1.165) is 11.1 Å². The number of thioether (sulfide) groups is 1. The van der Waals surface area contributed by atoms with E-state index < -0.39 is 12.0 Å². The van der Waals surface area contributed by atoms with Gasteiger partial charge in [-0.1, -0.05) is 17.7 Å². The van der Waals surface area contributed by atoms with Crippen LogP contribution in [-0.4, -0.2) is 35.0 Å². The lowest BCUT2D eigenvalue weighted by molar-refractivity contribution is -0.139. The monoisotopic (exact) mass is 281 g/mol. The number of nitrogens with one attached hydrogen (secondary N) is 1. The molecule has 0 radical (unpaired) electrons. The number of carboxylic acid groups (broad SMARTS) is 1. The van der Waals surface area contributed by atoms with Crippen LogP contribution < -0.4 is 5.32 Å². The van der Waals surface area contributed by atoms with Crippen LogP contribution in [0.2, 0.25) is 0 Å². The van der Waals surface area contributed by atoms with Gasteiger partial charge in [-0.2, -0.15) is 11.8 Å². The number of carbonyl (C=O) groups is 2. The van der Waals surface area contributed by atoms with Gasteiger partial charge in [0, 0.05) is 5.56 Å². The van der Waals surface area contributed by atoms with Gasteiger partial charge in [0.05, 0.1) is 0 Å². The van der Waals surface area contributed by atoms with Gasteiger partial charge in [-0.3, -0.25) is 4.79 Å². The molecule has 0 aliphatic carbocycles. The molecule has 1 aromatic rings. The van der Waals surface area contributed by atoms with Crippen molar-refractivity contribution in [2.45, 2.75) is 26.3 Å². The fourth-order valence-corrected chi connectivity index (χ4v) is 2.27. The van der Waals surface area contributed by atoms with Crippen LogP contribution in [0, 0.1) is 13.8 Å². The average Bonchev–Trinajstić information content (AvgIpc) is 2.33. The number of aliphatic carboxylic acids is 1. The van der Waals surface area contributed by atoms with Gasteiger partial charge in [0.2, 0.25) is 0 Å². The smallest absolute Gasteiger partial charge is 0.326 e. The lowest BCUT2D eigenvalue weighted by Crippen LogP contribution is -2.41. The molecule has 2 N–H and O–H groups in total. The highest BCUT2D eigenvalue weighted by atomic mass is 32.2. The summed E-state index contributed by atoms with van der Waals surface area (Å²) < 4.78 is 0. The quantitative estimate of drug-likeness (QED) is 0.839. The Bertz CT molecular complexity index is 474. The van der Waals surface area contributed by atoms with E-state index in [0.29, 0.717) is 17.7 Å². The summed E-state index contributed by atoms with van der Waals surface area (Å²) in [5.41, 5.74) is 2.46. The first-order chi connectivity index (χ1) is 8.95. The van der Waals surface area contributed by atoms with Crippen LogP contribution in [0.25, 0.3) is 0 Å². The Balaban J connectivity index is 2.78. The number of aryl methyl sites for hydroxylation is 2. The van der Waals surface area contributed by atoms with Gasteiger partial charge in [0.25, 0.3) is 5.91 Å². The van der Waals surface area contributed by atoms with Crippen LogP contribution in [0.15, 0.2) is 18.2 Å². The van der Waals surface area contributed by atoms with Crippen molar-refractivity contribution in [3.8, 4) is 0 Å². The van der Waals surface area contributed by atoms with E-state index in [4.69, 9.17) is 5.11 Å². The van der Waals surface area contributed by atoms with Crippen LogP contribution in [-0.2, 0) is 4.79 Å². The van der Waals surface area contributed by atoms with Crippen molar-refractivity contribution in [2.24, 2.45) is 0 Å². The van der Waals surface area contributed by atoms with E-state index in [9.17, 15) is 9.59 Å². The second kappa shape index (κ2) is 7.19. The zero-order valence-electron chi connectivity index (χ0n) is 11.4. The minimum absolute atomic E-state index is 0.328. The maximum absolute atomic E-state index is 12.1.